The number of rotatable bonds is 7. The van der Waals surface area contributed by atoms with Crippen molar-refractivity contribution >= 4 is 0 Å². The molecule has 0 fully saturated rings. The summed E-state index contributed by atoms with van der Waals surface area (Å²) in [5.41, 5.74) is 0. The van der Waals surface area contributed by atoms with Crippen LogP contribution in [0.2, 0.25) is 0 Å². The number of furan rings is 2. The van der Waals surface area contributed by atoms with Gasteiger partial charge in [-0.3, -0.25) is 0 Å². The van der Waals surface area contributed by atoms with Crippen molar-refractivity contribution < 1.29 is 18.3 Å². The van der Waals surface area contributed by atoms with E-state index in [9.17, 15) is 0 Å². The van der Waals surface area contributed by atoms with Crippen LogP contribution in [0.5, 0.6) is 0 Å². The lowest BCUT2D eigenvalue weighted by Gasteiger charge is -2.20. The van der Waals surface area contributed by atoms with Crippen molar-refractivity contribution in [1.29, 1.82) is 0 Å². The highest BCUT2D eigenvalue weighted by atomic mass is 16.7. The molecule has 0 N–H and O–H groups in total. The van der Waals surface area contributed by atoms with Gasteiger partial charge in [-0.1, -0.05) is 13.8 Å². The fourth-order valence-electron chi connectivity index (χ4n) is 1.55. The first-order valence-corrected chi connectivity index (χ1v) is 6.03. The standard InChI is InChI=1S/C14H18O4/c1-11(2)14(17-9-12-5-3-7-15-12)18-10-13-6-4-8-16-13/h3-8,11,14H,9-10H2,1-2H3. The fourth-order valence-corrected chi connectivity index (χ4v) is 1.55. The molecule has 0 amide bonds. The molecule has 0 bridgehead atoms. The van der Waals surface area contributed by atoms with Crippen molar-refractivity contribution in [2.24, 2.45) is 5.92 Å². The zero-order valence-corrected chi connectivity index (χ0v) is 10.7. The van der Waals surface area contributed by atoms with Gasteiger partial charge in [-0.05, 0) is 24.3 Å². The van der Waals surface area contributed by atoms with Crippen LogP contribution in [-0.2, 0) is 22.7 Å². The van der Waals surface area contributed by atoms with Crippen LogP contribution in [0.15, 0.2) is 45.6 Å². The molecule has 4 heteroatoms. The quantitative estimate of drug-likeness (QED) is 0.704. The zero-order valence-electron chi connectivity index (χ0n) is 10.7. The molecule has 0 aliphatic rings. The molecule has 18 heavy (non-hydrogen) atoms. The average Bonchev–Trinajstić information content (AvgIpc) is 3.00. The minimum atomic E-state index is -0.278. The molecule has 98 valence electrons. The fraction of sp³-hybridized carbons (Fsp3) is 0.429. The maximum atomic E-state index is 5.69. The van der Waals surface area contributed by atoms with Crippen LogP contribution >= 0.6 is 0 Å². The highest BCUT2D eigenvalue weighted by Gasteiger charge is 2.15. The maximum Gasteiger partial charge on any atom is 0.161 e. The summed E-state index contributed by atoms with van der Waals surface area (Å²) >= 11 is 0. The topological polar surface area (TPSA) is 44.7 Å². The van der Waals surface area contributed by atoms with E-state index in [1.54, 1.807) is 12.5 Å². The van der Waals surface area contributed by atoms with Gasteiger partial charge in [0, 0.05) is 5.92 Å². The van der Waals surface area contributed by atoms with E-state index in [0.29, 0.717) is 13.2 Å². The molecule has 0 aliphatic heterocycles. The molecule has 0 radical (unpaired) electrons. The van der Waals surface area contributed by atoms with Gasteiger partial charge < -0.3 is 18.3 Å². The molecule has 2 aromatic heterocycles. The van der Waals surface area contributed by atoms with Crippen molar-refractivity contribution in [2.45, 2.75) is 33.4 Å². The van der Waals surface area contributed by atoms with E-state index in [0.717, 1.165) is 11.5 Å². The third-order valence-corrected chi connectivity index (χ3v) is 2.48. The summed E-state index contributed by atoms with van der Waals surface area (Å²) in [4.78, 5) is 0. The Morgan fingerprint density at radius 1 is 0.944 bits per heavy atom. The Bertz CT molecular complexity index is 378. The van der Waals surface area contributed by atoms with Crippen LogP contribution in [0.1, 0.15) is 25.4 Å². The largest absolute Gasteiger partial charge is 0.467 e. The Hall–Kier alpha value is -1.52. The summed E-state index contributed by atoms with van der Waals surface area (Å²) in [6.45, 7) is 4.92. The SMILES string of the molecule is CC(C)C(OCc1ccco1)OCc1ccco1. The first kappa shape index (κ1) is 12.9. The lowest BCUT2D eigenvalue weighted by atomic mass is 10.2. The monoisotopic (exact) mass is 250 g/mol. The van der Waals surface area contributed by atoms with Crippen LogP contribution in [0.3, 0.4) is 0 Å². The maximum absolute atomic E-state index is 5.69. The molecule has 0 spiro atoms. The number of ether oxygens (including phenoxy) is 2. The lowest BCUT2D eigenvalue weighted by Crippen LogP contribution is -2.23. The van der Waals surface area contributed by atoms with E-state index < -0.39 is 0 Å². The molecule has 2 heterocycles. The van der Waals surface area contributed by atoms with Gasteiger partial charge in [0.05, 0.1) is 12.5 Å². The van der Waals surface area contributed by atoms with Crippen molar-refractivity contribution in [2.75, 3.05) is 0 Å². The zero-order chi connectivity index (χ0) is 12.8. The molecule has 0 aromatic carbocycles. The third kappa shape index (κ3) is 3.75. The summed E-state index contributed by atoms with van der Waals surface area (Å²) in [5, 5.41) is 0. The molecule has 0 saturated carbocycles. The first-order chi connectivity index (χ1) is 8.75. The highest BCUT2D eigenvalue weighted by Crippen LogP contribution is 2.14. The lowest BCUT2D eigenvalue weighted by molar-refractivity contribution is -0.184. The summed E-state index contributed by atoms with van der Waals surface area (Å²) < 4.78 is 21.8. The molecular weight excluding hydrogens is 232 g/mol. The predicted molar refractivity (Wildman–Crippen MR) is 65.6 cm³/mol. The van der Waals surface area contributed by atoms with Gasteiger partial charge in [0.1, 0.15) is 24.7 Å². The summed E-state index contributed by atoms with van der Waals surface area (Å²) in [7, 11) is 0. The van der Waals surface area contributed by atoms with Gasteiger partial charge in [-0.2, -0.15) is 0 Å². The van der Waals surface area contributed by atoms with Crippen molar-refractivity contribution in [3.8, 4) is 0 Å². The molecule has 0 aliphatic carbocycles. The van der Waals surface area contributed by atoms with E-state index in [1.165, 1.54) is 0 Å². The molecule has 2 aromatic rings. The van der Waals surface area contributed by atoms with E-state index in [2.05, 4.69) is 13.8 Å². The van der Waals surface area contributed by atoms with Crippen molar-refractivity contribution in [1.82, 2.24) is 0 Å². The summed E-state index contributed by atoms with van der Waals surface area (Å²) in [6.07, 6.45) is 2.99. The van der Waals surface area contributed by atoms with Crippen LogP contribution in [0.25, 0.3) is 0 Å². The van der Waals surface area contributed by atoms with Crippen molar-refractivity contribution in [3.05, 3.63) is 48.3 Å². The molecule has 0 saturated heterocycles. The van der Waals surface area contributed by atoms with Gasteiger partial charge >= 0.3 is 0 Å². The highest BCUT2D eigenvalue weighted by molar-refractivity contribution is 4.97. The van der Waals surface area contributed by atoms with Crippen LogP contribution in [-0.4, -0.2) is 6.29 Å². The van der Waals surface area contributed by atoms with Crippen LogP contribution in [0, 0.1) is 5.92 Å². The Balaban J connectivity index is 1.80. The molecular formula is C14H18O4. The van der Waals surface area contributed by atoms with Crippen LogP contribution in [0.4, 0.5) is 0 Å². The van der Waals surface area contributed by atoms with Crippen LogP contribution < -0.4 is 0 Å². The average molecular weight is 250 g/mol. The summed E-state index contributed by atoms with van der Waals surface area (Å²) in [5.74, 6) is 1.85. The van der Waals surface area contributed by atoms with Gasteiger partial charge in [-0.25, -0.2) is 0 Å². The minimum absolute atomic E-state index is 0.259. The normalized spacial score (nSPS) is 11.6. The third-order valence-electron chi connectivity index (χ3n) is 2.48. The Labute approximate surface area is 106 Å². The van der Waals surface area contributed by atoms with E-state index >= 15 is 0 Å². The van der Waals surface area contributed by atoms with Gasteiger partial charge in [0.15, 0.2) is 6.29 Å². The van der Waals surface area contributed by atoms with Gasteiger partial charge in [0.25, 0.3) is 0 Å². The van der Waals surface area contributed by atoms with Gasteiger partial charge in [-0.15, -0.1) is 0 Å². The van der Waals surface area contributed by atoms with E-state index in [4.69, 9.17) is 18.3 Å². The number of hydrogen-bond acceptors (Lipinski definition) is 4. The first-order valence-electron chi connectivity index (χ1n) is 6.03. The second-order valence-electron chi connectivity index (χ2n) is 4.39. The summed E-state index contributed by atoms with van der Waals surface area (Å²) in [6, 6.07) is 7.44. The predicted octanol–water partition coefficient (Wildman–Crippen LogP) is 3.59. The van der Waals surface area contributed by atoms with E-state index in [-0.39, 0.29) is 12.2 Å². The Kier molecular flexibility index (Phi) is 4.61. The Morgan fingerprint density at radius 2 is 1.44 bits per heavy atom. The molecule has 2 rings (SSSR count). The molecule has 0 unspecified atom stereocenters. The Morgan fingerprint density at radius 3 is 1.78 bits per heavy atom. The van der Waals surface area contributed by atoms with Gasteiger partial charge in [0.2, 0.25) is 0 Å². The minimum Gasteiger partial charge on any atom is -0.467 e. The molecule has 4 nitrogen and oxygen atoms in total. The second-order valence-corrected chi connectivity index (χ2v) is 4.39. The smallest absolute Gasteiger partial charge is 0.161 e. The number of hydrogen-bond donors (Lipinski definition) is 0. The second kappa shape index (κ2) is 6.42. The van der Waals surface area contributed by atoms with E-state index in [1.807, 2.05) is 24.3 Å². The molecule has 0 atom stereocenters. The van der Waals surface area contributed by atoms with Crippen molar-refractivity contribution in [3.63, 3.8) is 0 Å².